The molecular weight excluding hydrogens is 292 g/mol. The fraction of sp³-hybridized carbons (Fsp3) is 0.389. The molecule has 124 valence electrons. The Kier molecular flexibility index (Phi) is 5.32. The van der Waals surface area contributed by atoms with E-state index in [9.17, 15) is 9.90 Å². The number of fused-ring (bicyclic) bond motifs is 1. The van der Waals surface area contributed by atoms with Crippen molar-refractivity contribution < 1.29 is 9.84 Å². The summed E-state index contributed by atoms with van der Waals surface area (Å²) in [7, 11) is 0. The van der Waals surface area contributed by atoms with Crippen LogP contribution in [-0.2, 0) is 6.54 Å². The van der Waals surface area contributed by atoms with Gasteiger partial charge in [0.15, 0.2) is 5.75 Å². The molecule has 0 radical (unpaired) electrons. The van der Waals surface area contributed by atoms with Gasteiger partial charge in [0.05, 0.1) is 11.3 Å². The number of aromatic hydroxyl groups is 1. The van der Waals surface area contributed by atoms with E-state index in [1.165, 1.54) is 0 Å². The van der Waals surface area contributed by atoms with Crippen LogP contribution in [0, 0.1) is 0 Å². The monoisotopic (exact) mass is 316 g/mol. The van der Waals surface area contributed by atoms with E-state index in [0.29, 0.717) is 35.3 Å². The van der Waals surface area contributed by atoms with Gasteiger partial charge in [0, 0.05) is 24.0 Å². The molecule has 0 fully saturated rings. The molecule has 0 atom stereocenters. The third-order valence-corrected chi connectivity index (χ3v) is 3.86. The van der Waals surface area contributed by atoms with Crippen molar-refractivity contribution in [3.05, 3.63) is 40.4 Å². The average molecular weight is 316 g/mol. The van der Waals surface area contributed by atoms with E-state index < -0.39 is 5.56 Å². The zero-order chi connectivity index (χ0) is 17.0. The van der Waals surface area contributed by atoms with E-state index in [2.05, 4.69) is 6.92 Å². The first-order valence-corrected chi connectivity index (χ1v) is 8.01. The van der Waals surface area contributed by atoms with E-state index in [0.717, 1.165) is 12.8 Å². The van der Waals surface area contributed by atoms with Crippen LogP contribution in [0.4, 0.5) is 5.69 Å². The molecule has 0 unspecified atom stereocenters. The first-order valence-electron chi connectivity index (χ1n) is 8.01. The molecule has 0 aliphatic carbocycles. The third-order valence-electron chi connectivity index (χ3n) is 3.86. The Bertz CT molecular complexity index is 791. The number of aryl methyl sites for hydroxylation is 1. The van der Waals surface area contributed by atoms with Gasteiger partial charge >= 0.3 is 0 Å². The molecule has 5 nitrogen and oxygen atoms in total. The minimum Gasteiger partial charge on any atom is -0.500 e. The molecule has 0 amide bonds. The molecule has 0 saturated carbocycles. The van der Waals surface area contributed by atoms with Crippen LogP contribution in [0.15, 0.2) is 34.8 Å². The summed E-state index contributed by atoms with van der Waals surface area (Å²) in [5.41, 5.74) is 6.69. The number of anilines is 1. The molecule has 0 bridgehead atoms. The normalized spacial score (nSPS) is 11.9. The minimum atomic E-state index is -0.446. The lowest BCUT2D eigenvalue weighted by Gasteiger charge is -2.17. The Morgan fingerprint density at radius 3 is 2.74 bits per heavy atom. The maximum atomic E-state index is 12.6. The second-order valence-corrected chi connectivity index (χ2v) is 5.48. The van der Waals surface area contributed by atoms with Gasteiger partial charge in [-0.25, -0.2) is 0 Å². The Balaban J connectivity index is 2.74. The summed E-state index contributed by atoms with van der Waals surface area (Å²) in [5, 5.41) is 11.0. The van der Waals surface area contributed by atoms with Crippen molar-refractivity contribution in [2.24, 2.45) is 0 Å². The first kappa shape index (κ1) is 16.9. The zero-order valence-corrected chi connectivity index (χ0v) is 13.9. The second-order valence-electron chi connectivity index (χ2n) is 5.48. The number of rotatable bonds is 6. The van der Waals surface area contributed by atoms with Crippen molar-refractivity contribution >= 4 is 16.6 Å². The van der Waals surface area contributed by atoms with Crippen LogP contribution in [0.5, 0.6) is 11.5 Å². The van der Waals surface area contributed by atoms with E-state index in [-0.39, 0.29) is 11.5 Å². The number of nitrogens with zero attached hydrogens (tertiary/aromatic N) is 1. The van der Waals surface area contributed by atoms with Crippen LogP contribution in [0.25, 0.3) is 10.9 Å². The maximum Gasteiger partial charge on any atom is 0.297 e. The lowest BCUT2D eigenvalue weighted by Crippen LogP contribution is -2.21. The number of unbranched alkanes of at least 4 members (excludes halogenated alkanes) is 1. The summed E-state index contributed by atoms with van der Waals surface area (Å²) in [6.45, 7) is 6.40. The van der Waals surface area contributed by atoms with Crippen molar-refractivity contribution in [2.75, 3.05) is 5.73 Å². The van der Waals surface area contributed by atoms with Crippen molar-refractivity contribution in [1.29, 1.82) is 0 Å². The Morgan fingerprint density at radius 1 is 1.39 bits per heavy atom. The van der Waals surface area contributed by atoms with Crippen LogP contribution in [0.3, 0.4) is 0 Å². The molecule has 3 N–H and O–H groups in total. The van der Waals surface area contributed by atoms with E-state index in [4.69, 9.17) is 10.5 Å². The maximum absolute atomic E-state index is 12.6. The molecule has 1 heterocycles. The summed E-state index contributed by atoms with van der Waals surface area (Å²) < 4.78 is 7.36. The van der Waals surface area contributed by atoms with Gasteiger partial charge in [-0.3, -0.25) is 4.79 Å². The predicted molar refractivity (Wildman–Crippen MR) is 93.9 cm³/mol. The van der Waals surface area contributed by atoms with Crippen molar-refractivity contribution in [2.45, 2.75) is 46.6 Å². The first-order chi connectivity index (χ1) is 11.0. The summed E-state index contributed by atoms with van der Waals surface area (Å²) in [6, 6.07) is 5.27. The van der Waals surface area contributed by atoms with Crippen LogP contribution < -0.4 is 16.0 Å². The lowest BCUT2D eigenvalue weighted by molar-refractivity contribution is 0.368. The van der Waals surface area contributed by atoms with E-state index >= 15 is 0 Å². The number of allylic oxidation sites excluding steroid dienone is 2. The molecule has 23 heavy (non-hydrogen) atoms. The van der Waals surface area contributed by atoms with Crippen molar-refractivity contribution in [3.63, 3.8) is 0 Å². The lowest BCUT2D eigenvalue weighted by atomic mass is 10.1. The molecule has 0 aliphatic heterocycles. The highest BCUT2D eigenvalue weighted by Crippen LogP contribution is 2.34. The van der Waals surface area contributed by atoms with Crippen molar-refractivity contribution in [3.8, 4) is 11.5 Å². The van der Waals surface area contributed by atoms with Crippen LogP contribution in [0.1, 0.15) is 40.0 Å². The number of nitrogen functional groups attached to an aromatic ring is 1. The van der Waals surface area contributed by atoms with Gasteiger partial charge < -0.3 is 20.1 Å². The van der Waals surface area contributed by atoms with Gasteiger partial charge in [-0.1, -0.05) is 20.3 Å². The number of benzene rings is 1. The predicted octanol–water partition coefficient (Wildman–Crippen LogP) is 3.78. The summed E-state index contributed by atoms with van der Waals surface area (Å²) in [5.74, 6) is 0.544. The van der Waals surface area contributed by atoms with E-state index in [1.54, 1.807) is 22.8 Å². The SMILES string of the molecule is CC=C(CC)Oc1c(O)c(=O)n(CCCC)c2cc(N)ccc12. The fourth-order valence-electron chi connectivity index (χ4n) is 2.53. The molecule has 1 aromatic carbocycles. The molecule has 0 aliphatic rings. The number of nitrogens with two attached hydrogens (primary N) is 1. The van der Waals surface area contributed by atoms with Crippen LogP contribution in [-0.4, -0.2) is 9.67 Å². The molecule has 1 aromatic heterocycles. The molecule has 2 aromatic rings. The number of hydrogen-bond donors (Lipinski definition) is 2. The standard InChI is InChI=1S/C18H24N2O3/c1-4-7-10-20-15-11-12(19)8-9-14(15)17(16(21)18(20)22)23-13(5-2)6-3/h5,8-9,11,21H,4,6-7,10,19H2,1-3H3. The van der Waals surface area contributed by atoms with Gasteiger partial charge in [-0.2, -0.15) is 0 Å². The number of hydrogen-bond acceptors (Lipinski definition) is 4. The topological polar surface area (TPSA) is 77.5 Å². The highest BCUT2D eigenvalue weighted by molar-refractivity contribution is 5.90. The smallest absolute Gasteiger partial charge is 0.297 e. The van der Waals surface area contributed by atoms with E-state index in [1.807, 2.05) is 19.9 Å². The highest BCUT2D eigenvalue weighted by Gasteiger charge is 2.18. The van der Waals surface area contributed by atoms with Gasteiger partial charge in [0.2, 0.25) is 5.75 Å². The molecule has 2 rings (SSSR count). The largest absolute Gasteiger partial charge is 0.500 e. The van der Waals surface area contributed by atoms with Crippen molar-refractivity contribution in [1.82, 2.24) is 4.57 Å². The quantitative estimate of drug-likeness (QED) is 0.628. The van der Waals surface area contributed by atoms with Gasteiger partial charge in [-0.05, 0) is 37.6 Å². The molecule has 0 saturated heterocycles. The number of pyridine rings is 1. The van der Waals surface area contributed by atoms with Crippen LogP contribution >= 0.6 is 0 Å². The molecule has 5 heteroatoms. The third kappa shape index (κ3) is 3.33. The summed E-state index contributed by atoms with van der Waals surface area (Å²) >= 11 is 0. The summed E-state index contributed by atoms with van der Waals surface area (Å²) in [4.78, 5) is 12.6. The molecular formula is C18H24N2O3. The summed E-state index contributed by atoms with van der Waals surface area (Å²) in [6.07, 6.45) is 4.29. The van der Waals surface area contributed by atoms with Gasteiger partial charge in [-0.15, -0.1) is 0 Å². The Hall–Kier alpha value is -2.43. The Morgan fingerprint density at radius 2 is 2.13 bits per heavy atom. The minimum absolute atomic E-state index is 0.202. The Labute approximate surface area is 136 Å². The zero-order valence-electron chi connectivity index (χ0n) is 13.9. The van der Waals surface area contributed by atoms with Crippen LogP contribution in [0.2, 0.25) is 0 Å². The fourth-order valence-corrected chi connectivity index (χ4v) is 2.53. The highest BCUT2D eigenvalue weighted by atomic mass is 16.5. The number of ether oxygens (including phenoxy) is 1. The molecule has 0 spiro atoms. The van der Waals surface area contributed by atoms with Gasteiger partial charge in [0.25, 0.3) is 5.56 Å². The second kappa shape index (κ2) is 7.22. The average Bonchev–Trinajstić information content (AvgIpc) is 2.55. The van der Waals surface area contributed by atoms with Gasteiger partial charge in [0.1, 0.15) is 0 Å². The number of aromatic nitrogens is 1.